The molecule has 3 N–H and O–H groups in total. The molecule has 1 amide bonds. The summed E-state index contributed by atoms with van der Waals surface area (Å²) in [5, 5.41) is 10.2. The molecule has 1 aromatic rings. The van der Waals surface area contributed by atoms with Crippen molar-refractivity contribution in [2.75, 3.05) is 18.0 Å². The summed E-state index contributed by atoms with van der Waals surface area (Å²) >= 11 is 6.30. The Hall–Kier alpha value is -1.26. The van der Waals surface area contributed by atoms with E-state index in [4.69, 9.17) is 17.3 Å². The third-order valence-electron chi connectivity index (χ3n) is 3.90. The van der Waals surface area contributed by atoms with E-state index in [1.807, 2.05) is 18.2 Å². The summed E-state index contributed by atoms with van der Waals surface area (Å²) in [6, 6.07) is 5.68. The average Bonchev–Trinajstić information content (AvgIpc) is 2.39. The number of nitrogens with two attached hydrogens (primary N) is 1. The Morgan fingerprint density at radius 3 is 2.65 bits per heavy atom. The zero-order valence-corrected chi connectivity index (χ0v) is 12.4. The largest absolute Gasteiger partial charge is 0.389 e. The molecule has 0 aromatic heterocycles. The number of carbonyl (C=O) groups is 1. The summed E-state index contributed by atoms with van der Waals surface area (Å²) in [5.41, 5.74) is 7.06. The van der Waals surface area contributed by atoms with E-state index in [2.05, 4.69) is 4.90 Å². The lowest BCUT2D eigenvalue weighted by molar-refractivity contribution is -0.119. The molecule has 5 heteroatoms. The summed E-state index contributed by atoms with van der Waals surface area (Å²) in [7, 11) is 0. The number of hydrogen-bond donors (Lipinski definition) is 2. The number of anilines is 1. The standard InChI is InChI=1S/C15H21ClN2O2/c1-10(19)12-2-3-14(13(16)9-12)18-6-4-11(5-7-18)8-15(17)20/h2-3,9-11,19H,4-8H2,1H3,(H2,17,20). The number of amides is 1. The highest BCUT2D eigenvalue weighted by Gasteiger charge is 2.22. The first-order valence-electron chi connectivity index (χ1n) is 6.98. The fourth-order valence-corrected chi connectivity index (χ4v) is 3.01. The van der Waals surface area contributed by atoms with E-state index in [0.717, 1.165) is 37.2 Å². The second kappa shape index (κ2) is 6.46. The van der Waals surface area contributed by atoms with Crippen LogP contribution in [0.25, 0.3) is 0 Å². The lowest BCUT2D eigenvalue weighted by Gasteiger charge is -2.34. The normalized spacial score (nSPS) is 18.1. The van der Waals surface area contributed by atoms with Gasteiger partial charge in [0.25, 0.3) is 0 Å². The predicted octanol–water partition coefficient (Wildman–Crippen LogP) is 2.49. The van der Waals surface area contributed by atoms with Gasteiger partial charge in [0.2, 0.25) is 5.91 Å². The number of carbonyl (C=O) groups excluding carboxylic acids is 1. The van der Waals surface area contributed by atoms with Crippen molar-refractivity contribution in [3.8, 4) is 0 Å². The van der Waals surface area contributed by atoms with Crippen molar-refractivity contribution < 1.29 is 9.90 Å². The van der Waals surface area contributed by atoms with Crippen molar-refractivity contribution in [3.63, 3.8) is 0 Å². The van der Waals surface area contributed by atoms with Gasteiger partial charge in [-0.05, 0) is 43.4 Å². The number of piperidine rings is 1. The Balaban J connectivity index is 2.02. The van der Waals surface area contributed by atoms with Crippen LogP contribution in [0.4, 0.5) is 5.69 Å². The van der Waals surface area contributed by atoms with Gasteiger partial charge in [0.1, 0.15) is 0 Å². The molecule has 1 saturated heterocycles. The van der Waals surface area contributed by atoms with Crippen LogP contribution in [0, 0.1) is 5.92 Å². The summed E-state index contributed by atoms with van der Waals surface area (Å²) in [4.78, 5) is 13.2. The zero-order valence-electron chi connectivity index (χ0n) is 11.7. The minimum Gasteiger partial charge on any atom is -0.389 e. The van der Waals surface area contributed by atoms with Gasteiger partial charge in [0, 0.05) is 19.5 Å². The van der Waals surface area contributed by atoms with E-state index in [1.54, 1.807) is 6.92 Å². The lowest BCUT2D eigenvalue weighted by Crippen LogP contribution is -2.35. The molecule has 1 heterocycles. The fraction of sp³-hybridized carbons (Fsp3) is 0.533. The van der Waals surface area contributed by atoms with Crippen LogP contribution in [0.3, 0.4) is 0 Å². The summed E-state index contributed by atoms with van der Waals surface area (Å²) in [5.74, 6) is 0.169. The zero-order chi connectivity index (χ0) is 14.7. The second-order valence-corrected chi connectivity index (χ2v) is 5.89. The molecule has 1 atom stereocenters. The van der Waals surface area contributed by atoms with E-state index >= 15 is 0 Å². The predicted molar refractivity (Wildman–Crippen MR) is 80.8 cm³/mol. The topological polar surface area (TPSA) is 66.6 Å². The van der Waals surface area contributed by atoms with Crippen LogP contribution in [-0.4, -0.2) is 24.1 Å². The van der Waals surface area contributed by atoms with E-state index in [9.17, 15) is 9.90 Å². The molecule has 0 aliphatic carbocycles. The van der Waals surface area contributed by atoms with Gasteiger partial charge in [0.15, 0.2) is 0 Å². The summed E-state index contributed by atoms with van der Waals surface area (Å²) < 4.78 is 0. The maximum atomic E-state index is 10.9. The van der Waals surface area contributed by atoms with Crippen molar-refractivity contribution in [2.45, 2.75) is 32.3 Å². The maximum Gasteiger partial charge on any atom is 0.217 e. The number of primary amides is 1. The molecule has 1 unspecified atom stereocenters. The van der Waals surface area contributed by atoms with Gasteiger partial charge in [0.05, 0.1) is 16.8 Å². The van der Waals surface area contributed by atoms with Crippen LogP contribution < -0.4 is 10.6 Å². The molecule has 1 aliphatic heterocycles. The lowest BCUT2D eigenvalue weighted by atomic mass is 9.93. The molecular formula is C15H21ClN2O2. The second-order valence-electron chi connectivity index (χ2n) is 5.49. The van der Waals surface area contributed by atoms with Gasteiger partial charge >= 0.3 is 0 Å². The van der Waals surface area contributed by atoms with Crippen LogP contribution >= 0.6 is 11.6 Å². The van der Waals surface area contributed by atoms with Gasteiger partial charge in [-0.15, -0.1) is 0 Å². The van der Waals surface area contributed by atoms with Crippen LogP contribution in [0.1, 0.15) is 37.9 Å². The number of halogens is 1. The molecule has 1 fully saturated rings. The molecular weight excluding hydrogens is 276 g/mol. The average molecular weight is 297 g/mol. The fourth-order valence-electron chi connectivity index (χ4n) is 2.70. The van der Waals surface area contributed by atoms with Crippen LogP contribution in [0.2, 0.25) is 5.02 Å². The molecule has 0 saturated carbocycles. The molecule has 1 aliphatic rings. The molecule has 2 rings (SSSR count). The third kappa shape index (κ3) is 3.64. The van der Waals surface area contributed by atoms with E-state index in [1.165, 1.54) is 0 Å². The van der Waals surface area contributed by atoms with Crippen LogP contribution in [0.15, 0.2) is 18.2 Å². The van der Waals surface area contributed by atoms with Gasteiger partial charge < -0.3 is 15.7 Å². The van der Waals surface area contributed by atoms with Crippen molar-refractivity contribution in [2.24, 2.45) is 11.7 Å². The highest BCUT2D eigenvalue weighted by molar-refractivity contribution is 6.33. The Bertz CT molecular complexity index is 483. The Morgan fingerprint density at radius 1 is 1.50 bits per heavy atom. The van der Waals surface area contributed by atoms with Crippen molar-refractivity contribution in [1.82, 2.24) is 0 Å². The minimum atomic E-state index is -0.511. The highest BCUT2D eigenvalue weighted by Crippen LogP contribution is 2.32. The highest BCUT2D eigenvalue weighted by atomic mass is 35.5. The Kier molecular flexibility index (Phi) is 4.89. The number of aliphatic hydroxyl groups is 1. The molecule has 20 heavy (non-hydrogen) atoms. The number of hydrogen-bond acceptors (Lipinski definition) is 3. The van der Waals surface area contributed by atoms with Gasteiger partial charge in [-0.25, -0.2) is 0 Å². The number of rotatable bonds is 4. The first-order valence-corrected chi connectivity index (χ1v) is 7.36. The quantitative estimate of drug-likeness (QED) is 0.897. The third-order valence-corrected chi connectivity index (χ3v) is 4.20. The number of aliphatic hydroxyl groups excluding tert-OH is 1. The van der Waals surface area contributed by atoms with Crippen molar-refractivity contribution >= 4 is 23.2 Å². The Labute approximate surface area is 124 Å². The Morgan fingerprint density at radius 2 is 2.15 bits per heavy atom. The number of benzene rings is 1. The maximum absolute atomic E-state index is 10.9. The summed E-state index contributed by atoms with van der Waals surface area (Å²) in [6.07, 6.45) is 1.88. The number of nitrogens with zero attached hydrogens (tertiary/aromatic N) is 1. The summed E-state index contributed by atoms with van der Waals surface area (Å²) in [6.45, 7) is 3.48. The molecule has 0 spiro atoms. The van der Waals surface area contributed by atoms with Gasteiger partial charge in [-0.3, -0.25) is 4.79 Å². The van der Waals surface area contributed by atoms with Crippen LogP contribution in [0.5, 0.6) is 0 Å². The first kappa shape index (κ1) is 15.1. The van der Waals surface area contributed by atoms with Crippen molar-refractivity contribution in [1.29, 1.82) is 0 Å². The SMILES string of the molecule is CC(O)c1ccc(N2CCC(CC(N)=O)CC2)c(Cl)c1. The van der Waals surface area contributed by atoms with Crippen molar-refractivity contribution in [3.05, 3.63) is 28.8 Å². The molecule has 0 bridgehead atoms. The van der Waals surface area contributed by atoms with E-state index in [0.29, 0.717) is 17.4 Å². The van der Waals surface area contributed by atoms with Crippen LogP contribution in [-0.2, 0) is 4.79 Å². The molecule has 4 nitrogen and oxygen atoms in total. The smallest absolute Gasteiger partial charge is 0.217 e. The van der Waals surface area contributed by atoms with Gasteiger partial charge in [-0.2, -0.15) is 0 Å². The molecule has 1 aromatic carbocycles. The van der Waals surface area contributed by atoms with E-state index in [-0.39, 0.29) is 5.91 Å². The van der Waals surface area contributed by atoms with Gasteiger partial charge in [-0.1, -0.05) is 17.7 Å². The molecule has 0 radical (unpaired) electrons. The van der Waals surface area contributed by atoms with E-state index < -0.39 is 6.10 Å². The monoisotopic (exact) mass is 296 g/mol. The minimum absolute atomic E-state index is 0.220. The first-order chi connectivity index (χ1) is 9.47. The molecule has 110 valence electrons.